The second-order valence-electron chi connectivity index (χ2n) is 26.5. The Hall–Kier alpha value is -7.18. The SMILES string of the molecule is CC[C@H](C)COc1cc(/C=C/c2cc(OC[C@@H](C)CC)c(/C=C/c3cc(OC[C@@H](C)CC)c(/C=C/c4ccc5c(c4)OCCOCCOCCOCCO5)cc3OC[C@@H](C)CC)cc2OC[C@@H](C)CC)c(OC[C@@H](C)CC)cc1/C=C/c1ccc2c(c1)OCCOCCOCCOCCO2. The maximum atomic E-state index is 6.89. The van der Waals surface area contributed by atoms with Crippen LogP contribution in [0.2, 0.25) is 0 Å². The summed E-state index contributed by atoms with van der Waals surface area (Å²) in [5.41, 5.74) is 7.09. The molecule has 0 fully saturated rings. The molecule has 0 unspecified atom stereocenters. The Morgan fingerprint density at radius 2 is 0.440 bits per heavy atom. The molecule has 5 aromatic carbocycles. The van der Waals surface area contributed by atoms with Crippen molar-refractivity contribution in [2.24, 2.45) is 35.5 Å². The van der Waals surface area contributed by atoms with Gasteiger partial charge >= 0.3 is 0 Å². The van der Waals surface area contributed by atoms with E-state index in [0.717, 1.165) is 118 Å². The first-order valence-corrected chi connectivity index (χ1v) is 37.1. The van der Waals surface area contributed by atoms with Gasteiger partial charge in [0.1, 0.15) is 60.9 Å². The Bertz CT molecular complexity index is 3070. The molecule has 5 aromatic rings. The van der Waals surface area contributed by atoms with E-state index in [1.54, 1.807) is 0 Å². The molecule has 0 bridgehead atoms. The molecular formula is C84H118O16. The highest BCUT2D eigenvalue weighted by molar-refractivity contribution is 5.84. The third kappa shape index (κ3) is 28.3. The van der Waals surface area contributed by atoms with E-state index in [1.807, 2.05) is 36.4 Å². The molecule has 0 aliphatic carbocycles. The van der Waals surface area contributed by atoms with Gasteiger partial charge in [-0.2, -0.15) is 0 Å². The Balaban J connectivity index is 1.30. The monoisotopic (exact) mass is 1380 g/mol. The molecule has 0 spiro atoms. The minimum Gasteiger partial charge on any atom is -0.493 e. The van der Waals surface area contributed by atoms with Crippen LogP contribution < -0.4 is 47.4 Å². The first-order chi connectivity index (χ1) is 48.8. The van der Waals surface area contributed by atoms with Crippen LogP contribution in [-0.4, -0.2) is 145 Å². The van der Waals surface area contributed by atoms with Crippen molar-refractivity contribution >= 4 is 48.6 Å². The highest BCUT2D eigenvalue weighted by Crippen LogP contribution is 2.40. The van der Waals surface area contributed by atoms with Crippen molar-refractivity contribution in [3.63, 3.8) is 0 Å². The third-order valence-electron chi connectivity index (χ3n) is 17.9. The summed E-state index contributed by atoms with van der Waals surface area (Å²) in [6.45, 7) is 36.8. The number of fused-ring (bicyclic) bond motifs is 2. The van der Waals surface area contributed by atoms with Gasteiger partial charge in [0.2, 0.25) is 0 Å². The van der Waals surface area contributed by atoms with E-state index in [-0.39, 0.29) is 0 Å². The maximum Gasteiger partial charge on any atom is 0.161 e. The van der Waals surface area contributed by atoms with Crippen molar-refractivity contribution in [3.8, 4) is 57.5 Å². The zero-order valence-electron chi connectivity index (χ0n) is 62.3. The Morgan fingerprint density at radius 1 is 0.250 bits per heavy atom. The number of ether oxygens (including phenoxy) is 16. The molecule has 0 saturated carbocycles. The number of benzene rings is 5. The molecule has 2 heterocycles. The molecule has 2 aliphatic heterocycles. The van der Waals surface area contributed by atoms with Gasteiger partial charge < -0.3 is 75.8 Å². The lowest BCUT2D eigenvalue weighted by molar-refractivity contribution is 0.00708. The van der Waals surface area contributed by atoms with Crippen LogP contribution in [0.1, 0.15) is 166 Å². The molecule has 2 aliphatic rings. The first kappa shape index (κ1) is 80.1. The summed E-state index contributed by atoms with van der Waals surface area (Å²) in [6.07, 6.45) is 22.6. The van der Waals surface area contributed by atoms with Crippen LogP contribution in [0.5, 0.6) is 57.5 Å². The van der Waals surface area contributed by atoms with Crippen LogP contribution >= 0.6 is 0 Å². The van der Waals surface area contributed by atoms with Crippen molar-refractivity contribution < 1.29 is 75.8 Å². The van der Waals surface area contributed by atoms with E-state index < -0.39 is 0 Å². The normalized spacial score (nSPS) is 16.9. The lowest BCUT2D eigenvalue weighted by Crippen LogP contribution is -2.13. The fourth-order valence-corrected chi connectivity index (χ4v) is 9.78. The summed E-state index contributed by atoms with van der Waals surface area (Å²) in [5.74, 6) is 8.86. The van der Waals surface area contributed by atoms with Crippen LogP contribution in [0.4, 0.5) is 0 Å². The largest absolute Gasteiger partial charge is 0.493 e. The minimum atomic E-state index is 0.308. The van der Waals surface area contributed by atoms with Crippen molar-refractivity contribution in [1.29, 1.82) is 0 Å². The van der Waals surface area contributed by atoms with Crippen LogP contribution in [0, 0.1) is 35.5 Å². The summed E-state index contributed by atoms with van der Waals surface area (Å²) in [6, 6.07) is 24.6. The smallest absolute Gasteiger partial charge is 0.161 e. The third-order valence-corrected chi connectivity index (χ3v) is 17.9. The fraction of sp³-hybridized carbons (Fsp3) is 0.548. The van der Waals surface area contributed by atoms with E-state index in [2.05, 4.69) is 168 Å². The van der Waals surface area contributed by atoms with E-state index >= 15 is 0 Å². The summed E-state index contributed by atoms with van der Waals surface area (Å²) in [5, 5.41) is 0. The average molecular weight is 1380 g/mol. The first-order valence-electron chi connectivity index (χ1n) is 37.1. The van der Waals surface area contributed by atoms with E-state index in [9.17, 15) is 0 Å². The van der Waals surface area contributed by atoms with Crippen LogP contribution in [-0.2, 0) is 28.4 Å². The van der Waals surface area contributed by atoms with E-state index in [1.165, 1.54) is 0 Å². The van der Waals surface area contributed by atoms with Crippen LogP contribution in [0.3, 0.4) is 0 Å². The van der Waals surface area contributed by atoms with Gasteiger partial charge in [0, 0.05) is 33.4 Å². The maximum absolute atomic E-state index is 6.89. The van der Waals surface area contributed by atoms with Crippen molar-refractivity contribution in [2.45, 2.75) is 122 Å². The van der Waals surface area contributed by atoms with Crippen molar-refractivity contribution in [1.82, 2.24) is 0 Å². The van der Waals surface area contributed by atoms with Gasteiger partial charge in [-0.1, -0.05) is 182 Å². The molecule has 0 radical (unpaired) electrons. The summed E-state index contributed by atoms with van der Waals surface area (Å²) >= 11 is 0. The number of hydrogen-bond acceptors (Lipinski definition) is 16. The standard InChI is InChI=1S/C84H118O16/c1-13-61(7)55-95-77-51-71(79(97-57-63(9)15-3)49-69(77)23-19-67-21-29-75-83(47-67)93-45-41-89-37-33-85-31-35-87-39-43-91-75)25-27-73-53-82(100-60-66(12)18-6)74(54-81(73)99-59-65(11)17-5)28-26-72-52-78(96-56-62(8)14-2)70(50-80(72)98-58-64(10)16-4)24-20-68-22-30-76-84(48-68)94-46-42-90-38-34-86-32-36-88-40-44-92-76/h19-30,47-54,61-66H,13-18,31-46,55-60H2,1-12H3/b23-19+,24-20+,27-25+,28-26+/t61-,62-,63-,64-,65-,66-/m0/s1. The predicted octanol–water partition coefficient (Wildman–Crippen LogP) is 18.6. The molecule has 0 saturated heterocycles. The molecule has 0 N–H and O–H groups in total. The molecule has 16 heteroatoms. The summed E-state index contributed by atoms with van der Waals surface area (Å²) in [4.78, 5) is 0. The summed E-state index contributed by atoms with van der Waals surface area (Å²) < 4.78 is 100. The van der Waals surface area contributed by atoms with Crippen LogP contribution in [0.25, 0.3) is 48.6 Å². The van der Waals surface area contributed by atoms with Gasteiger partial charge in [-0.05, 0) is 107 Å². The zero-order chi connectivity index (χ0) is 71.1. The molecule has 7 rings (SSSR count). The molecule has 0 aromatic heterocycles. The summed E-state index contributed by atoms with van der Waals surface area (Å²) in [7, 11) is 0. The zero-order valence-corrected chi connectivity index (χ0v) is 62.3. The molecule has 6 atom stereocenters. The molecule has 550 valence electrons. The van der Waals surface area contributed by atoms with Gasteiger partial charge in [-0.3, -0.25) is 0 Å². The lowest BCUT2D eigenvalue weighted by atomic mass is 10.0. The molecule has 100 heavy (non-hydrogen) atoms. The van der Waals surface area contributed by atoms with E-state index in [0.29, 0.717) is 204 Å². The topological polar surface area (TPSA) is 148 Å². The Morgan fingerprint density at radius 3 is 0.650 bits per heavy atom. The Labute approximate surface area is 598 Å². The van der Waals surface area contributed by atoms with Gasteiger partial charge in [0.05, 0.1) is 119 Å². The van der Waals surface area contributed by atoms with Gasteiger partial charge in [0.15, 0.2) is 23.0 Å². The highest BCUT2D eigenvalue weighted by atomic mass is 16.6. The van der Waals surface area contributed by atoms with Crippen molar-refractivity contribution in [2.75, 3.05) is 145 Å². The molecule has 16 nitrogen and oxygen atoms in total. The number of hydrogen-bond donors (Lipinski definition) is 0. The average Bonchev–Trinajstić information content (AvgIpc) is 0.820. The van der Waals surface area contributed by atoms with Crippen LogP contribution in [0.15, 0.2) is 72.8 Å². The molecule has 0 amide bonds. The van der Waals surface area contributed by atoms with Gasteiger partial charge in [0.25, 0.3) is 0 Å². The molecular weight excluding hydrogens is 1260 g/mol. The Kier molecular flexibility index (Phi) is 36.6. The van der Waals surface area contributed by atoms with Crippen molar-refractivity contribution in [3.05, 3.63) is 117 Å². The highest BCUT2D eigenvalue weighted by Gasteiger charge is 2.19. The van der Waals surface area contributed by atoms with Gasteiger partial charge in [-0.15, -0.1) is 0 Å². The fourth-order valence-electron chi connectivity index (χ4n) is 9.78. The predicted molar refractivity (Wildman–Crippen MR) is 405 cm³/mol. The van der Waals surface area contributed by atoms with Gasteiger partial charge in [-0.25, -0.2) is 0 Å². The minimum absolute atomic E-state index is 0.308. The second kappa shape index (κ2) is 45.6. The quantitative estimate of drug-likeness (QED) is 0.0376. The second-order valence-corrected chi connectivity index (χ2v) is 26.5. The number of rotatable bonds is 32. The lowest BCUT2D eigenvalue weighted by Gasteiger charge is -2.19. The van der Waals surface area contributed by atoms with E-state index in [4.69, 9.17) is 75.8 Å².